The standard InChI is InChI=1S/C18H21N/c1-14-6-8-15(9-7-14)10-11-18-17-5-3-2-4-16(17)12-13-19-18/h6-9,12-13H,2-5,10-11H2,1H3. The molecule has 0 fully saturated rings. The maximum atomic E-state index is 4.62. The molecule has 3 rings (SSSR count). The Morgan fingerprint density at radius 2 is 1.74 bits per heavy atom. The maximum absolute atomic E-state index is 4.62. The summed E-state index contributed by atoms with van der Waals surface area (Å²) in [5.41, 5.74) is 7.17. The first-order valence-electron chi connectivity index (χ1n) is 7.34. The van der Waals surface area contributed by atoms with E-state index in [0.717, 1.165) is 12.8 Å². The van der Waals surface area contributed by atoms with Crippen LogP contribution < -0.4 is 0 Å². The lowest BCUT2D eigenvalue weighted by Gasteiger charge is -2.18. The highest BCUT2D eigenvalue weighted by atomic mass is 14.7. The molecule has 0 radical (unpaired) electrons. The summed E-state index contributed by atoms with van der Waals surface area (Å²) in [4.78, 5) is 4.62. The molecule has 0 spiro atoms. The summed E-state index contributed by atoms with van der Waals surface area (Å²) in [7, 11) is 0. The zero-order chi connectivity index (χ0) is 13.1. The van der Waals surface area contributed by atoms with Crippen LogP contribution in [0.4, 0.5) is 0 Å². The molecule has 0 amide bonds. The second-order valence-electron chi connectivity index (χ2n) is 5.59. The van der Waals surface area contributed by atoms with Crippen molar-refractivity contribution in [2.75, 3.05) is 0 Å². The predicted molar refractivity (Wildman–Crippen MR) is 79.5 cm³/mol. The third kappa shape index (κ3) is 2.86. The van der Waals surface area contributed by atoms with Crippen molar-refractivity contribution in [3.63, 3.8) is 0 Å². The number of hydrogen-bond donors (Lipinski definition) is 0. The lowest BCUT2D eigenvalue weighted by Crippen LogP contribution is -2.09. The van der Waals surface area contributed by atoms with Gasteiger partial charge < -0.3 is 0 Å². The summed E-state index contributed by atoms with van der Waals surface area (Å²) < 4.78 is 0. The van der Waals surface area contributed by atoms with Gasteiger partial charge in [-0.05, 0) is 68.2 Å². The number of aromatic nitrogens is 1. The summed E-state index contributed by atoms with van der Waals surface area (Å²) in [6.45, 7) is 2.14. The summed E-state index contributed by atoms with van der Waals surface area (Å²) in [5.74, 6) is 0. The van der Waals surface area contributed by atoms with Gasteiger partial charge in [0.1, 0.15) is 0 Å². The van der Waals surface area contributed by atoms with Gasteiger partial charge in [-0.3, -0.25) is 4.98 Å². The number of fused-ring (bicyclic) bond motifs is 1. The topological polar surface area (TPSA) is 12.9 Å². The Morgan fingerprint density at radius 3 is 2.58 bits per heavy atom. The first-order chi connectivity index (χ1) is 9.33. The average molecular weight is 251 g/mol. The van der Waals surface area contributed by atoms with Gasteiger partial charge in [0.15, 0.2) is 0 Å². The molecule has 0 N–H and O–H groups in total. The Balaban J connectivity index is 1.75. The average Bonchev–Trinajstić information content (AvgIpc) is 2.47. The van der Waals surface area contributed by atoms with Crippen molar-refractivity contribution >= 4 is 0 Å². The van der Waals surface area contributed by atoms with Crippen LogP contribution in [-0.2, 0) is 25.7 Å². The molecule has 1 aromatic heterocycles. The van der Waals surface area contributed by atoms with Crippen molar-refractivity contribution in [2.24, 2.45) is 0 Å². The third-order valence-electron chi connectivity index (χ3n) is 4.14. The highest BCUT2D eigenvalue weighted by Gasteiger charge is 2.13. The van der Waals surface area contributed by atoms with Gasteiger partial charge in [0, 0.05) is 11.9 Å². The fourth-order valence-electron chi connectivity index (χ4n) is 2.97. The van der Waals surface area contributed by atoms with Crippen LogP contribution >= 0.6 is 0 Å². The van der Waals surface area contributed by atoms with Crippen LogP contribution in [0.25, 0.3) is 0 Å². The monoisotopic (exact) mass is 251 g/mol. The van der Waals surface area contributed by atoms with Crippen molar-refractivity contribution in [1.82, 2.24) is 4.98 Å². The second-order valence-corrected chi connectivity index (χ2v) is 5.59. The Kier molecular flexibility index (Phi) is 3.63. The zero-order valence-corrected chi connectivity index (χ0v) is 11.7. The molecule has 0 unspecified atom stereocenters. The minimum absolute atomic E-state index is 1.08. The lowest BCUT2D eigenvalue weighted by atomic mass is 9.89. The highest BCUT2D eigenvalue weighted by molar-refractivity contribution is 5.33. The van der Waals surface area contributed by atoms with E-state index in [1.165, 1.54) is 42.5 Å². The van der Waals surface area contributed by atoms with Crippen molar-refractivity contribution in [3.05, 3.63) is 64.5 Å². The Labute approximate surface area is 115 Å². The van der Waals surface area contributed by atoms with E-state index in [1.54, 1.807) is 11.1 Å². The molecule has 0 saturated carbocycles. The van der Waals surface area contributed by atoms with E-state index in [9.17, 15) is 0 Å². The number of pyridine rings is 1. The van der Waals surface area contributed by atoms with Gasteiger partial charge in [0.25, 0.3) is 0 Å². The Morgan fingerprint density at radius 1 is 0.947 bits per heavy atom. The summed E-state index contributed by atoms with van der Waals surface area (Å²) in [6, 6.07) is 11.1. The van der Waals surface area contributed by atoms with Crippen LogP contribution in [0.1, 0.15) is 40.8 Å². The molecule has 98 valence electrons. The molecule has 2 aromatic rings. The number of aryl methyl sites for hydroxylation is 4. The normalized spacial score (nSPS) is 14.2. The van der Waals surface area contributed by atoms with Crippen LogP contribution in [0.5, 0.6) is 0 Å². The third-order valence-corrected chi connectivity index (χ3v) is 4.14. The molecule has 1 aromatic carbocycles. The molecule has 0 bridgehead atoms. The molecule has 0 atom stereocenters. The molecule has 0 aliphatic heterocycles. The van der Waals surface area contributed by atoms with Gasteiger partial charge in [-0.15, -0.1) is 0 Å². The van der Waals surface area contributed by atoms with E-state index in [2.05, 4.69) is 42.2 Å². The molecule has 1 aliphatic carbocycles. The van der Waals surface area contributed by atoms with Crippen molar-refractivity contribution in [2.45, 2.75) is 45.4 Å². The molecule has 1 nitrogen and oxygen atoms in total. The van der Waals surface area contributed by atoms with Gasteiger partial charge in [-0.2, -0.15) is 0 Å². The number of benzene rings is 1. The van der Waals surface area contributed by atoms with Crippen LogP contribution in [0.3, 0.4) is 0 Å². The van der Waals surface area contributed by atoms with E-state index < -0.39 is 0 Å². The summed E-state index contributed by atoms with van der Waals surface area (Å²) >= 11 is 0. The molecule has 1 aliphatic rings. The van der Waals surface area contributed by atoms with Gasteiger partial charge in [0.2, 0.25) is 0 Å². The van der Waals surface area contributed by atoms with Crippen LogP contribution in [-0.4, -0.2) is 4.98 Å². The van der Waals surface area contributed by atoms with E-state index in [-0.39, 0.29) is 0 Å². The van der Waals surface area contributed by atoms with Crippen molar-refractivity contribution in [3.8, 4) is 0 Å². The van der Waals surface area contributed by atoms with Crippen molar-refractivity contribution < 1.29 is 0 Å². The number of rotatable bonds is 3. The quantitative estimate of drug-likeness (QED) is 0.802. The largest absolute Gasteiger partial charge is 0.261 e. The van der Waals surface area contributed by atoms with Gasteiger partial charge in [-0.25, -0.2) is 0 Å². The Hall–Kier alpha value is -1.63. The van der Waals surface area contributed by atoms with E-state index in [1.807, 2.05) is 6.20 Å². The number of nitrogens with zero attached hydrogens (tertiary/aromatic N) is 1. The highest BCUT2D eigenvalue weighted by Crippen LogP contribution is 2.23. The summed E-state index contributed by atoms with van der Waals surface area (Å²) in [5, 5.41) is 0. The maximum Gasteiger partial charge on any atom is 0.0441 e. The van der Waals surface area contributed by atoms with Crippen LogP contribution in [0.2, 0.25) is 0 Å². The van der Waals surface area contributed by atoms with Gasteiger partial charge in [-0.1, -0.05) is 29.8 Å². The smallest absolute Gasteiger partial charge is 0.0441 e. The first kappa shape index (κ1) is 12.4. The minimum atomic E-state index is 1.08. The Bertz CT molecular complexity index is 554. The summed E-state index contributed by atoms with van der Waals surface area (Å²) in [6.07, 6.45) is 9.32. The SMILES string of the molecule is Cc1ccc(CCc2nccc3c2CCCC3)cc1. The van der Waals surface area contributed by atoms with Crippen LogP contribution in [0.15, 0.2) is 36.5 Å². The van der Waals surface area contributed by atoms with Gasteiger partial charge in [0.05, 0.1) is 0 Å². The molecular formula is C18H21N. The fraction of sp³-hybridized carbons (Fsp3) is 0.389. The fourth-order valence-corrected chi connectivity index (χ4v) is 2.97. The molecule has 1 heteroatoms. The predicted octanol–water partition coefficient (Wildman–Crippen LogP) is 4.05. The minimum Gasteiger partial charge on any atom is -0.261 e. The second kappa shape index (κ2) is 5.56. The first-order valence-corrected chi connectivity index (χ1v) is 7.34. The lowest BCUT2D eigenvalue weighted by molar-refractivity contribution is 0.670. The van der Waals surface area contributed by atoms with Gasteiger partial charge >= 0.3 is 0 Å². The zero-order valence-electron chi connectivity index (χ0n) is 11.7. The van der Waals surface area contributed by atoms with Crippen LogP contribution in [0, 0.1) is 6.92 Å². The molecule has 0 saturated heterocycles. The number of hydrogen-bond acceptors (Lipinski definition) is 1. The molecular weight excluding hydrogens is 230 g/mol. The van der Waals surface area contributed by atoms with E-state index >= 15 is 0 Å². The van der Waals surface area contributed by atoms with E-state index in [4.69, 9.17) is 0 Å². The van der Waals surface area contributed by atoms with Crippen molar-refractivity contribution in [1.29, 1.82) is 0 Å². The molecule has 1 heterocycles. The molecule has 19 heavy (non-hydrogen) atoms. The van der Waals surface area contributed by atoms with E-state index in [0.29, 0.717) is 0 Å².